The van der Waals surface area contributed by atoms with Crippen molar-refractivity contribution in [2.45, 2.75) is 17.2 Å². The van der Waals surface area contributed by atoms with Crippen molar-refractivity contribution in [1.82, 2.24) is 0 Å². The van der Waals surface area contributed by atoms with Gasteiger partial charge in [-0.2, -0.15) is 0 Å². The van der Waals surface area contributed by atoms with E-state index in [0.29, 0.717) is 9.52 Å². The second-order valence-corrected chi connectivity index (χ2v) is 6.42. The van der Waals surface area contributed by atoms with E-state index in [2.05, 4.69) is 20.9 Å². The third kappa shape index (κ3) is 2.10. The van der Waals surface area contributed by atoms with Crippen molar-refractivity contribution in [1.29, 1.82) is 0 Å². The molecule has 0 aromatic heterocycles. The smallest absolute Gasteiger partial charge is 0.205 e. The first-order valence-electron chi connectivity index (χ1n) is 4.72. The van der Waals surface area contributed by atoms with Gasteiger partial charge in [0.25, 0.3) is 0 Å². The number of nitrogens with zero attached hydrogens (tertiary/aromatic N) is 1. The van der Waals surface area contributed by atoms with Crippen LogP contribution >= 0.6 is 15.9 Å². The lowest BCUT2D eigenvalue weighted by atomic mass is 10.2. The summed E-state index contributed by atoms with van der Waals surface area (Å²) in [5.74, 6) is 0. The van der Waals surface area contributed by atoms with E-state index in [-0.39, 0.29) is 0 Å². The quantitative estimate of drug-likeness (QED) is 0.842. The van der Waals surface area contributed by atoms with Crippen LogP contribution in [0.4, 0.5) is 0 Å². The van der Waals surface area contributed by atoms with Gasteiger partial charge in [-0.05, 0) is 47.1 Å². The van der Waals surface area contributed by atoms with E-state index in [4.69, 9.17) is 0 Å². The number of halogens is 1. The Bertz CT molecular complexity index is 558. The molecule has 0 saturated heterocycles. The molecule has 5 heteroatoms. The van der Waals surface area contributed by atoms with Crippen molar-refractivity contribution < 1.29 is 8.42 Å². The highest BCUT2D eigenvalue weighted by molar-refractivity contribution is 9.18. The molecular formula is C11H10BrNO2S. The zero-order chi connectivity index (χ0) is 11.8. The van der Waals surface area contributed by atoms with E-state index in [1.54, 1.807) is 36.4 Å². The molecule has 0 spiro atoms. The predicted molar refractivity (Wildman–Crippen MR) is 67.7 cm³/mol. The van der Waals surface area contributed by atoms with Crippen LogP contribution in [0.15, 0.2) is 46.3 Å². The standard InChI is InChI=1S/C11H10BrNO2S/c1-8-2-4-9(5-3-8)16(14,15)11-7-6-10(12)13-11/h2-7,11H,1H3. The fraction of sp³-hybridized carbons (Fsp3) is 0.182. The highest BCUT2D eigenvalue weighted by atomic mass is 79.9. The largest absolute Gasteiger partial charge is 0.254 e. The van der Waals surface area contributed by atoms with Crippen molar-refractivity contribution in [3.63, 3.8) is 0 Å². The Morgan fingerprint density at radius 1 is 1.25 bits per heavy atom. The molecule has 0 radical (unpaired) electrons. The SMILES string of the molecule is Cc1ccc(S(=O)(=O)C2C=CC(Br)=N2)cc1. The van der Waals surface area contributed by atoms with E-state index >= 15 is 0 Å². The van der Waals surface area contributed by atoms with Gasteiger partial charge in [0, 0.05) is 0 Å². The summed E-state index contributed by atoms with van der Waals surface area (Å²) in [6.07, 6.45) is 3.22. The van der Waals surface area contributed by atoms with Crippen LogP contribution in [0.1, 0.15) is 5.56 Å². The third-order valence-electron chi connectivity index (χ3n) is 2.32. The molecule has 0 aliphatic carbocycles. The first-order valence-corrected chi connectivity index (χ1v) is 7.06. The first kappa shape index (κ1) is 11.5. The summed E-state index contributed by atoms with van der Waals surface area (Å²) in [4.78, 5) is 4.30. The Hall–Kier alpha value is -0.940. The number of allylic oxidation sites excluding steroid dienone is 1. The molecule has 0 saturated carbocycles. The summed E-state index contributed by atoms with van der Waals surface area (Å²) in [5.41, 5.74) is 1.03. The fourth-order valence-electron chi connectivity index (χ4n) is 1.41. The van der Waals surface area contributed by atoms with E-state index in [1.807, 2.05) is 6.92 Å². The maximum absolute atomic E-state index is 12.1. The zero-order valence-electron chi connectivity index (χ0n) is 8.59. The molecule has 1 aliphatic rings. The number of aliphatic imine (C=N–C) groups is 1. The molecule has 1 aliphatic heterocycles. The Labute approximate surface area is 103 Å². The highest BCUT2D eigenvalue weighted by Gasteiger charge is 2.27. The Balaban J connectivity index is 2.40. The molecule has 1 aromatic rings. The number of aryl methyl sites for hydroxylation is 1. The molecule has 1 unspecified atom stereocenters. The van der Waals surface area contributed by atoms with Crippen molar-refractivity contribution in [2.24, 2.45) is 4.99 Å². The maximum atomic E-state index is 12.1. The molecule has 0 amide bonds. The normalized spacial score (nSPS) is 19.9. The second-order valence-electron chi connectivity index (χ2n) is 3.56. The van der Waals surface area contributed by atoms with Crippen LogP contribution in [0.5, 0.6) is 0 Å². The lowest BCUT2D eigenvalue weighted by molar-refractivity contribution is 0.590. The average molecular weight is 300 g/mol. The molecule has 0 bridgehead atoms. The van der Waals surface area contributed by atoms with Gasteiger partial charge in [0.05, 0.1) is 4.90 Å². The molecule has 1 heterocycles. The lowest BCUT2D eigenvalue weighted by Gasteiger charge is -2.07. The van der Waals surface area contributed by atoms with Crippen LogP contribution in [0.2, 0.25) is 0 Å². The van der Waals surface area contributed by atoms with Gasteiger partial charge in [0.15, 0.2) is 5.37 Å². The van der Waals surface area contributed by atoms with Crippen LogP contribution in [0, 0.1) is 6.92 Å². The van der Waals surface area contributed by atoms with E-state index in [9.17, 15) is 8.42 Å². The van der Waals surface area contributed by atoms with Crippen LogP contribution in [0.25, 0.3) is 0 Å². The minimum Gasteiger partial charge on any atom is -0.254 e. The summed E-state index contributed by atoms with van der Waals surface area (Å²) < 4.78 is 24.8. The van der Waals surface area contributed by atoms with Crippen LogP contribution in [0.3, 0.4) is 0 Å². The van der Waals surface area contributed by atoms with Gasteiger partial charge in [-0.15, -0.1) is 0 Å². The van der Waals surface area contributed by atoms with Crippen molar-refractivity contribution in [3.8, 4) is 0 Å². The van der Waals surface area contributed by atoms with Crippen LogP contribution in [-0.4, -0.2) is 18.4 Å². The molecule has 0 fully saturated rings. The molecule has 3 nitrogen and oxygen atoms in total. The minimum absolute atomic E-state index is 0.304. The summed E-state index contributed by atoms with van der Waals surface area (Å²) in [5, 5.41) is -0.801. The fourth-order valence-corrected chi connectivity index (χ4v) is 3.25. The van der Waals surface area contributed by atoms with Gasteiger partial charge in [0.2, 0.25) is 9.84 Å². The Kier molecular flexibility index (Phi) is 2.99. The highest BCUT2D eigenvalue weighted by Crippen LogP contribution is 2.22. The monoisotopic (exact) mass is 299 g/mol. The number of hydrogen-bond donors (Lipinski definition) is 0. The summed E-state index contributed by atoms with van der Waals surface area (Å²) in [6.45, 7) is 1.92. The predicted octanol–water partition coefficient (Wildman–Crippen LogP) is 2.46. The molecule has 2 rings (SSSR count). The molecule has 1 atom stereocenters. The Morgan fingerprint density at radius 2 is 1.88 bits per heavy atom. The lowest BCUT2D eigenvalue weighted by Crippen LogP contribution is -2.15. The number of benzene rings is 1. The van der Waals surface area contributed by atoms with Crippen molar-refractivity contribution in [3.05, 3.63) is 42.0 Å². The van der Waals surface area contributed by atoms with Gasteiger partial charge < -0.3 is 0 Å². The summed E-state index contributed by atoms with van der Waals surface area (Å²) in [7, 11) is -3.39. The minimum atomic E-state index is -3.39. The van der Waals surface area contributed by atoms with E-state index in [0.717, 1.165) is 5.56 Å². The Morgan fingerprint density at radius 3 is 2.38 bits per heavy atom. The zero-order valence-corrected chi connectivity index (χ0v) is 11.0. The number of rotatable bonds is 2. The van der Waals surface area contributed by atoms with Crippen LogP contribution in [-0.2, 0) is 9.84 Å². The number of hydrogen-bond acceptors (Lipinski definition) is 3. The topological polar surface area (TPSA) is 46.5 Å². The van der Waals surface area contributed by atoms with E-state index in [1.165, 1.54) is 0 Å². The second kappa shape index (κ2) is 4.14. The molecule has 1 aromatic carbocycles. The van der Waals surface area contributed by atoms with Gasteiger partial charge >= 0.3 is 0 Å². The average Bonchev–Trinajstić information content (AvgIpc) is 2.66. The third-order valence-corrected chi connectivity index (χ3v) is 4.61. The maximum Gasteiger partial charge on any atom is 0.205 e. The van der Waals surface area contributed by atoms with Crippen molar-refractivity contribution >= 4 is 30.4 Å². The van der Waals surface area contributed by atoms with Gasteiger partial charge in [-0.1, -0.05) is 17.7 Å². The van der Waals surface area contributed by atoms with Crippen molar-refractivity contribution in [2.75, 3.05) is 0 Å². The molecule has 16 heavy (non-hydrogen) atoms. The van der Waals surface area contributed by atoms with Gasteiger partial charge in [-0.25, -0.2) is 8.42 Å². The van der Waals surface area contributed by atoms with Gasteiger partial charge in [-0.3, -0.25) is 4.99 Å². The molecular weight excluding hydrogens is 290 g/mol. The molecule has 0 N–H and O–H groups in total. The van der Waals surface area contributed by atoms with Crippen LogP contribution < -0.4 is 0 Å². The van der Waals surface area contributed by atoms with E-state index < -0.39 is 15.2 Å². The summed E-state index contributed by atoms with van der Waals surface area (Å²) in [6, 6.07) is 6.79. The summed E-state index contributed by atoms with van der Waals surface area (Å²) >= 11 is 3.15. The molecule has 84 valence electrons. The van der Waals surface area contributed by atoms with Gasteiger partial charge in [0.1, 0.15) is 4.62 Å². The first-order chi connectivity index (χ1) is 7.50. The number of sulfone groups is 1.